The van der Waals surface area contributed by atoms with Crippen LogP contribution in [-0.4, -0.2) is 0 Å². The highest BCUT2D eigenvalue weighted by atomic mass is 15.1. The minimum atomic E-state index is 1.17. The van der Waals surface area contributed by atoms with Crippen molar-refractivity contribution in [1.82, 2.24) is 0 Å². The summed E-state index contributed by atoms with van der Waals surface area (Å²) in [7, 11) is 0. The van der Waals surface area contributed by atoms with Gasteiger partial charge in [0.15, 0.2) is 0 Å². The Kier molecular flexibility index (Phi) is 3.97. The summed E-state index contributed by atoms with van der Waals surface area (Å²) in [5, 5.41) is 7.94. The molecule has 0 amide bonds. The largest absolute Gasteiger partial charge is 0.310 e. The number of para-hydroxylation sites is 1. The molecule has 0 bridgehead atoms. The first kappa shape index (κ1) is 18.0. The summed E-state index contributed by atoms with van der Waals surface area (Å²) in [6.07, 6.45) is 0. The van der Waals surface area contributed by atoms with Crippen LogP contribution in [0, 0.1) is 13.8 Å². The van der Waals surface area contributed by atoms with Crippen molar-refractivity contribution in [3.63, 3.8) is 0 Å². The Morgan fingerprint density at radius 3 is 1.94 bits per heavy atom. The van der Waals surface area contributed by atoms with Crippen LogP contribution in [-0.2, 0) is 0 Å². The van der Waals surface area contributed by atoms with Crippen LogP contribution in [0.2, 0.25) is 0 Å². The van der Waals surface area contributed by atoms with Crippen LogP contribution < -0.4 is 4.90 Å². The van der Waals surface area contributed by atoms with E-state index in [1.54, 1.807) is 0 Å². The van der Waals surface area contributed by atoms with Gasteiger partial charge in [-0.05, 0) is 82.2 Å². The minimum Gasteiger partial charge on any atom is -0.310 e. The molecule has 0 saturated heterocycles. The van der Waals surface area contributed by atoms with Gasteiger partial charge in [0.25, 0.3) is 0 Å². The molecule has 1 heteroatoms. The Morgan fingerprint density at radius 2 is 1.16 bits per heavy atom. The number of hydrogen-bond donors (Lipinski definition) is 0. The molecule has 0 radical (unpaired) electrons. The quantitative estimate of drug-likeness (QED) is 0.270. The van der Waals surface area contributed by atoms with Crippen molar-refractivity contribution in [2.45, 2.75) is 13.8 Å². The molecule has 0 aliphatic rings. The Balaban J connectivity index is 1.73. The number of benzene rings is 6. The van der Waals surface area contributed by atoms with E-state index in [9.17, 15) is 0 Å². The molecule has 0 unspecified atom stereocenters. The molecule has 148 valence electrons. The second-order valence-corrected chi connectivity index (χ2v) is 8.40. The lowest BCUT2D eigenvalue weighted by Crippen LogP contribution is -2.10. The van der Waals surface area contributed by atoms with Crippen molar-refractivity contribution in [2.24, 2.45) is 0 Å². The van der Waals surface area contributed by atoms with E-state index < -0.39 is 0 Å². The van der Waals surface area contributed by atoms with Crippen molar-refractivity contribution in [1.29, 1.82) is 0 Å². The van der Waals surface area contributed by atoms with Gasteiger partial charge in [0, 0.05) is 16.8 Å². The normalized spacial score (nSPS) is 11.5. The maximum absolute atomic E-state index is 2.38. The molecule has 0 aliphatic heterocycles. The predicted octanol–water partition coefficient (Wildman–Crippen LogP) is 8.67. The third kappa shape index (κ3) is 2.78. The fraction of sp³-hybridized carbons (Fsp3) is 0.0667. The lowest BCUT2D eigenvalue weighted by molar-refractivity contribution is 1.28. The first-order valence-electron chi connectivity index (χ1n) is 10.8. The molecule has 0 fully saturated rings. The zero-order valence-corrected chi connectivity index (χ0v) is 17.8. The molecule has 0 N–H and O–H groups in total. The summed E-state index contributed by atoms with van der Waals surface area (Å²) in [5.74, 6) is 0. The van der Waals surface area contributed by atoms with Gasteiger partial charge in [-0.1, -0.05) is 72.8 Å². The summed E-state index contributed by atoms with van der Waals surface area (Å²) < 4.78 is 0. The zero-order valence-electron chi connectivity index (χ0n) is 17.8. The third-order valence-corrected chi connectivity index (χ3v) is 6.37. The predicted molar refractivity (Wildman–Crippen MR) is 134 cm³/mol. The number of nitrogens with zero attached hydrogens (tertiary/aromatic N) is 1. The zero-order chi connectivity index (χ0) is 20.9. The van der Waals surface area contributed by atoms with E-state index in [0.717, 1.165) is 0 Å². The second kappa shape index (κ2) is 6.85. The van der Waals surface area contributed by atoms with Crippen molar-refractivity contribution in [3.8, 4) is 0 Å². The Labute approximate surface area is 182 Å². The number of hydrogen-bond acceptors (Lipinski definition) is 1. The summed E-state index contributed by atoms with van der Waals surface area (Å²) in [4.78, 5) is 2.38. The van der Waals surface area contributed by atoms with Crippen LogP contribution in [0.4, 0.5) is 17.1 Å². The fourth-order valence-corrected chi connectivity index (χ4v) is 4.90. The monoisotopic (exact) mass is 397 g/mol. The summed E-state index contributed by atoms with van der Waals surface area (Å²) >= 11 is 0. The van der Waals surface area contributed by atoms with Gasteiger partial charge in [0.2, 0.25) is 0 Å². The molecule has 6 rings (SSSR count). The van der Waals surface area contributed by atoms with E-state index in [1.165, 1.54) is 60.5 Å². The lowest BCUT2D eigenvalue weighted by atomic mass is 9.91. The first-order chi connectivity index (χ1) is 15.2. The Bertz CT molecular complexity index is 1550. The van der Waals surface area contributed by atoms with Crippen LogP contribution in [0.5, 0.6) is 0 Å². The van der Waals surface area contributed by atoms with Gasteiger partial charge in [0.1, 0.15) is 0 Å². The van der Waals surface area contributed by atoms with Crippen LogP contribution >= 0.6 is 0 Å². The molecule has 0 saturated carbocycles. The van der Waals surface area contributed by atoms with Gasteiger partial charge < -0.3 is 4.90 Å². The van der Waals surface area contributed by atoms with Crippen LogP contribution in [0.25, 0.3) is 32.3 Å². The van der Waals surface area contributed by atoms with Crippen molar-refractivity contribution >= 4 is 49.4 Å². The highest BCUT2D eigenvalue weighted by Gasteiger charge is 2.18. The number of aryl methyl sites for hydroxylation is 2. The second-order valence-electron chi connectivity index (χ2n) is 8.40. The molecule has 0 aliphatic carbocycles. The molecule has 0 heterocycles. The lowest BCUT2D eigenvalue weighted by Gasteiger charge is -2.28. The van der Waals surface area contributed by atoms with Gasteiger partial charge >= 0.3 is 0 Å². The van der Waals surface area contributed by atoms with E-state index >= 15 is 0 Å². The standard InChI is InChI=1S/C30H23N/c1-20-7-6-10-25(19-20)31(24-8-4-3-5-9-24)28-18-15-23-13-16-26-21(2)11-12-22-14-17-27(28)30(23)29(22)26/h3-19H,1-2H3. The third-order valence-electron chi connectivity index (χ3n) is 6.37. The van der Waals surface area contributed by atoms with Crippen molar-refractivity contribution in [3.05, 3.63) is 114 Å². The van der Waals surface area contributed by atoms with E-state index in [4.69, 9.17) is 0 Å². The summed E-state index contributed by atoms with van der Waals surface area (Å²) in [5.41, 5.74) is 6.13. The van der Waals surface area contributed by atoms with Crippen molar-refractivity contribution in [2.75, 3.05) is 4.90 Å². The maximum Gasteiger partial charge on any atom is 0.0540 e. The highest BCUT2D eigenvalue weighted by molar-refractivity contribution is 6.26. The Hall–Kier alpha value is -3.84. The molecule has 6 aromatic carbocycles. The highest BCUT2D eigenvalue weighted by Crippen LogP contribution is 2.44. The van der Waals surface area contributed by atoms with Gasteiger partial charge in [-0.2, -0.15) is 0 Å². The molecule has 0 spiro atoms. The molecule has 0 aromatic heterocycles. The van der Waals surface area contributed by atoms with E-state index in [0.29, 0.717) is 0 Å². The molecule has 0 atom stereocenters. The molecule has 1 nitrogen and oxygen atoms in total. The molecular weight excluding hydrogens is 374 g/mol. The van der Waals surface area contributed by atoms with E-state index in [-0.39, 0.29) is 0 Å². The first-order valence-corrected chi connectivity index (χ1v) is 10.8. The van der Waals surface area contributed by atoms with Crippen LogP contribution in [0.15, 0.2) is 103 Å². The van der Waals surface area contributed by atoms with Gasteiger partial charge in [-0.25, -0.2) is 0 Å². The summed E-state index contributed by atoms with van der Waals surface area (Å²) in [6.45, 7) is 4.36. The van der Waals surface area contributed by atoms with Gasteiger partial charge in [-0.3, -0.25) is 0 Å². The number of anilines is 3. The van der Waals surface area contributed by atoms with Crippen LogP contribution in [0.1, 0.15) is 11.1 Å². The summed E-state index contributed by atoms with van der Waals surface area (Å²) in [6, 6.07) is 37.5. The van der Waals surface area contributed by atoms with Crippen molar-refractivity contribution < 1.29 is 0 Å². The average Bonchev–Trinajstić information content (AvgIpc) is 2.80. The SMILES string of the molecule is Cc1cccc(N(c2ccccc2)c2ccc3ccc4c(C)ccc5ccc2c3c54)c1. The molecular formula is C30H23N. The topological polar surface area (TPSA) is 3.24 Å². The van der Waals surface area contributed by atoms with E-state index in [2.05, 4.69) is 122 Å². The smallest absolute Gasteiger partial charge is 0.0540 e. The number of rotatable bonds is 3. The van der Waals surface area contributed by atoms with Gasteiger partial charge in [-0.15, -0.1) is 0 Å². The minimum absolute atomic E-state index is 1.17. The van der Waals surface area contributed by atoms with E-state index in [1.807, 2.05) is 0 Å². The fourth-order valence-electron chi connectivity index (χ4n) is 4.90. The van der Waals surface area contributed by atoms with Crippen LogP contribution in [0.3, 0.4) is 0 Å². The Morgan fingerprint density at radius 1 is 0.516 bits per heavy atom. The molecule has 31 heavy (non-hydrogen) atoms. The molecule has 6 aromatic rings. The maximum atomic E-state index is 2.38. The van der Waals surface area contributed by atoms with Gasteiger partial charge in [0.05, 0.1) is 5.69 Å². The average molecular weight is 398 g/mol.